The molecule has 0 aliphatic carbocycles. The van der Waals surface area contributed by atoms with E-state index in [2.05, 4.69) is 36.5 Å². The lowest BCUT2D eigenvalue weighted by molar-refractivity contribution is 0.190. The number of benzene rings is 1. The number of hydrogen-bond donors (Lipinski definition) is 1. The predicted molar refractivity (Wildman–Crippen MR) is 73.5 cm³/mol. The van der Waals surface area contributed by atoms with Gasteiger partial charge in [0.15, 0.2) is 0 Å². The summed E-state index contributed by atoms with van der Waals surface area (Å²) >= 11 is 0. The van der Waals surface area contributed by atoms with Crippen LogP contribution < -0.4 is 5.32 Å². The van der Waals surface area contributed by atoms with E-state index < -0.39 is 0 Å². The number of aryl methyl sites for hydroxylation is 1. The van der Waals surface area contributed by atoms with Gasteiger partial charge in [0.2, 0.25) is 0 Å². The van der Waals surface area contributed by atoms with E-state index in [4.69, 9.17) is 0 Å². The number of carbonyl (C=O) groups is 1. The third kappa shape index (κ3) is 2.84. The molecule has 2 amide bonds. The van der Waals surface area contributed by atoms with Gasteiger partial charge in [-0.15, -0.1) is 0 Å². The van der Waals surface area contributed by atoms with E-state index >= 15 is 0 Å². The minimum absolute atomic E-state index is 0.0630. The van der Waals surface area contributed by atoms with Gasteiger partial charge in [-0.3, -0.25) is 0 Å². The van der Waals surface area contributed by atoms with Crippen molar-refractivity contribution in [3.63, 3.8) is 0 Å². The Morgan fingerprint density at radius 3 is 2.61 bits per heavy atom. The fraction of sp³-hybridized carbons (Fsp3) is 0.533. The van der Waals surface area contributed by atoms with Crippen molar-refractivity contribution in [3.8, 4) is 0 Å². The molecule has 1 heterocycles. The first kappa shape index (κ1) is 12.9. The van der Waals surface area contributed by atoms with E-state index in [1.165, 1.54) is 11.1 Å². The Morgan fingerprint density at radius 2 is 2.00 bits per heavy atom. The van der Waals surface area contributed by atoms with Gasteiger partial charge in [0.25, 0.3) is 0 Å². The second-order valence-electron chi connectivity index (χ2n) is 5.37. The zero-order chi connectivity index (χ0) is 13.1. The SMILES string of the molecule is Cc1ccc([C@H]2CCCN2C(=O)NC(C)C)cc1. The molecule has 1 aromatic carbocycles. The topological polar surface area (TPSA) is 32.3 Å². The summed E-state index contributed by atoms with van der Waals surface area (Å²) in [7, 11) is 0. The molecule has 1 atom stereocenters. The highest BCUT2D eigenvalue weighted by molar-refractivity contribution is 5.75. The van der Waals surface area contributed by atoms with Crippen molar-refractivity contribution in [2.75, 3.05) is 6.54 Å². The van der Waals surface area contributed by atoms with Crippen LogP contribution in [0.25, 0.3) is 0 Å². The van der Waals surface area contributed by atoms with Crippen molar-refractivity contribution < 1.29 is 4.79 Å². The molecule has 1 aromatic rings. The van der Waals surface area contributed by atoms with Gasteiger partial charge < -0.3 is 10.2 Å². The van der Waals surface area contributed by atoms with Crippen molar-refractivity contribution in [3.05, 3.63) is 35.4 Å². The van der Waals surface area contributed by atoms with Crippen LogP contribution in [0.1, 0.15) is 43.9 Å². The van der Waals surface area contributed by atoms with Gasteiger partial charge in [-0.05, 0) is 39.2 Å². The smallest absolute Gasteiger partial charge is 0.318 e. The van der Waals surface area contributed by atoms with Crippen molar-refractivity contribution in [2.45, 2.75) is 45.7 Å². The number of urea groups is 1. The summed E-state index contributed by atoms with van der Waals surface area (Å²) < 4.78 is 0. The fourth-order valence-corrected chi connectivity index (χ4v) is 2.47. The van der Waals surface area contributed by atoms with Gasteiger partial charge in [-0.1, -0.05) is 29.8 Å². The second kappa shape index (κ2) is 5.42. The van der Waals surface area contributed by atoms with Gasteiger partial charge >= 0.3 is 6.03 Å². The molecule has 3 nitrogen and oxygen atoms in total. The van der Waals surface area contributed by atoms with Crippen molar-refractivity contribution >= 4 is 6.03 Å². The van der Waals surface area contributed by atoms with Crippen LogP contribution in [0.3, 0.4) is 0 Å². The molecule has 0 aromatic heterocycles. The predicted octanol–water partition coefficient (Wildman–Crippen LogP) is 3.25. The molecule has 1 N–H and O–H groups in total. The quantitative estimate of drug-likeness (QED) is 0.853. The molecule has 2 rings (SSSR count). The van der Waals surface area contributed by atoms with Crippen LogP contribution in [0, 0.1) is 6.92 Å². The molecule has 0 spiro atoms. The Bertz CT molecular complexity index is 411. The third-order valence-corrected chi connectivity index (χ3v) is 3.39. The molecule has 0 bridgehead atoms. The first-order valence-corrected chi connectivity index (χ1v) is 6.71. The van der Waals surface area contributed by atoms with Gasteiger partial charge in [0.1, 0.15) is 0 Å². The Balaban J connectivity index is 2.12. The maximum atomic E-state index is 12.1. The van der Waals surface area contributed by atoms with E-state index in [0.29, 0.717) is 0 Å². The number of nitrogens with one attached hydrogen (secondary N) is 1. The molecular weight excluding hydrogens is 224 g/mol. The lowest BCUT2D eigenvalue weighted by Gasteiger charge is -2.26. The van der Waals surface area contributed by atoms with E-state index in [1.54, 1.807) is 0 Å². The first-order chi connectivity index (χ1) is 8.58. The molecule has 1 fully saturated rings. The summed E-state index contributed by atoms with van der Waals surface area (Å²) in [6, 6.07) is 9.01. The minimum atomic E-state index is 0.0630. The Morgan fingerprint density at radius 1 is 1.33 bits per heavy atom. The number of carbonyl (C=O) groups excluding carboxylic acids is 1. The number of likely N-dealkylation sites (tertiary alicyclic amines) is 1. The lowest BCUT2D eigenvalue weighted by Crippen LogP contribution is -2.42. The van der Waals surface area contributed by atoms with Gasteiger partial charge in [0.05, 0.1) is 6.04 Å². The third-order valence-electron chi connectivity index (χ3n) is 3.39. The summed E-state index contributed by atoms with van der Waals surface area (Å²) in [5, 5.41) is 2.98. The number of rotatable bonds is 2. The molecule has 98 valence electrons. The Labute approximate surface area is 109 Å². The number of amides is 2. The van der Waals surface area contributed by atoms with E-state index in [0.717, 1.165) is 19.4 Å². The Kier molecular flexibility index (Phi) is 3.90. The maximum absolute atomic E-state index is 12.1. The molecule has 1 aliphatic heterocycles. The van der Waals surface area contributed by atoms with Gasteiger partial charge in [-0.2, -0.15) is 0 Å². The summed E-state index contributed by atoms with van der Waals surface area (Å²) in [5.74, 6) is 0. The minimum Gasteiger partial charge on any atom is -0.336 e. The zero-order valence-corrected chi connectivity index (χ0v) is 11.4. The highest BCUT2D eigenvalue weighted by atomic mass is 16.2. The summed E-state index contributed by atoms with van der Waals surface area (Å²) in [6.45, 7) is 6.93. The molecule has 1 saturated heterocycles. The lowest BCUT2D eigenvalue weighted by atomic mass is 10.0. The summed E-state index contributed by atoms with van der Waals surface area (Å²) in [6.07, 6.45) is 2.15. The van der Waals surface area contributed by atoms with Crippen LogP contribution in [-0.4, -0.2) is 23.5 Å². The fourth-order valence-electron chi connectivity index (χ4n) is 2.47. The molecule has 0 unspecified atom stereocenters. The van der Waals surface area contributed by atoms with Crippen molar-refractivity contribution in [1.29, 1.82) is 0 Å². The largest absolute Gasteiger partial charge is 0.336 e. The molecule has 0 saturated carbocycles. The monoisotopic (exact) mass is 246 g/mol. The highest BCUT2D eigenvalue weighted by Crippen LogP contribution is 2.31. The average Bonchev–Trinajstić information content (AvgIpc) is 2.78. The normalized spacial score (nSPS) is 19.3. The van der Waals surface area contributed by atoms with Crippen LogP contribution in [0.15, 0.2) is 24.3 Å². The van der Waals surface area contributed by atoms with E-state index in [9.17, 15) is 4.79 Å². The van der Waals surface area contributed by atoms with Crippen LogP contribution in [0.4, 0.5) is 4.79 Å². The Hall–Kier alpha value is -1.51. The van der Waals surface area contributed by atoms with Gasteiger partial charge in [-0.25, -0.2) is 4.79 Å². The number of hydrogen-bond acceptors (Lipinski definition) is 1. The summed E-state index contributed by atoms with van der Waals surface area (Å²) in [4.78, 5) is 14.1. The standard InChI is InChI=1S/C15H22N2O/c1-11(2)16-15(18)17-10-4-5-14(17)13-8-6-12(3)7-9-13/h6-9,11,14H,4-5,10H2,1-3H3,(H,16,18)/t14-/m1/s1. The van der Waals surface area contributed by atoms with E-state index in [1.807, 2.05) is 18.7 Å². The number of nitrogens with zero attached hydrogens (tertiary/aromatic N) is 1. The average molecular weight is 246 g/mol. The molecule has 0 radical (unpaired) electrons. The summed E-state index contributed by atoms with van der Waals surface area (Å²) in [5.41, 5.74) is 2.51. The van der Waals surface area contributed by atoms with E-state index in [-0.39, 0.29) is 18.1 Å². The maximum Gasteiger partial charge on any atom is 0.318 e. The van der Waals surface area contributed by atoms with Crippen LogP contribution in [-0.2, 0) is 0 Å². The van der Waals surface area contributed by atoms with Gasteiger partial charge in [0, 0.05) is 12.6 Å². The van der Waals surface area contributed by atoms with Crippen LogP contribution >= 0.6 is 0 Å². The molecular formula is C15H22N2O. The highest BCUT2D eigenvalue weighted by Gasteiger charge is 2.29. The van der Waals surface area contributed by atoms with Crippen molar-refractivity contribution in [2.24, 2.45) is 0 Å². The molecule has 18 heavy (non-hydrogen) atoms. The van der Waals surface area contributed by atoms with Crippen molar-refractivity contribution in [1.82, 2.24) is 10.2 Å². The van der Waals surface area contributed by atoms with Crippen LogP contribution in [0.2, 0.25) is 0 Å². The zero-order valence-electron chi connectivity index (χ0n) is 11.4. The second-order valence-corrected chi connectivity index (χ2v) is 5.37. The van der Waals surface area contributed by atoms with Crippen LogP contribution in [0.5, 0.6) is 0 Å². The molecule has 1 aliphatic rings. The molecule has 3 heteroatoms. The first-order valence-electron chi connectivity index (χ1n) is 6.71.